The van der Waals surface area contributed by atoms with Crippen LogP contribution in [-0.2, 0) is 0 Å². The lowest BCUT2D eigenvalue weighted by molar-refractivity contribution is 0.542. The van der Waals surface area contributed by atoms with Crippen molar-refractivity contribution in [3.63, 3.8) is 0 Å². The summed E-state index contributed by atoms with van der Waals surface area (Å²) >= 11 is 0. The molecule has 0 bridgehead atoms. The van der Waals surface area contributed by atoms with Crippen molar-refractivity contribution in [3.05, 3.63) is 36.5 Å². The molecule has 0 saturated heterocycles. The molecule has 0 N–H and O–H groups in total. The van der Waals surface area contributed by atoms with Crippen molar-refractivity contribution in [3.8, 4) is 0 Å². The van der Waals surface area contributed by atoms with Gasteiger partial charge in [0.25, 0.3) is 0 Å². The number of alkyl halides is 1. The molecule has 0 fully saturated rings. The smallest absolute Gasteiger partial charge is 0.0985 e. The van der Waals surface area contributed by atoms with Crippen LogP contribution in [0.15, 0.2) is 24.4 Å². The third kappa shape index (κ3) is 1.80. The van der Waals surface area contributed by atoms with Crippen LogP contribution >= 0.6 is 0 Å². The van der Waals surface area contributed by atoms with E-state index in [-0.39, 0.29) is 0 Å². The van der Waals surface area contributed by atoms with E-state index in [4.69, 9.17) is 0 Å². The molecule has 1 rings (SSSR count). The Morgan fingerprint density at radius 1 is 1.56 bits per heavy atom. The summed E-state index contributed by atoms with van der Waals surface area (Å²) < 4.78 is 11.6. The fourth-order valence-electron chi connectivity index (χ4n) is 0.576. The van der Waals surface area contributed by atoms with E-state index in [1.807, 2.05) is 6.07 Å². The van der Waals surface area contributed by atoms with Gasteiger partial charge in [-0.1, -0.05) is 6.07 Å². The third-order valence-electron chi connectivity index (χ3n) is 0.974. The summed E-state index contributed by atoms with van der Waals surface area (Å²) in [6, 6.07) is 5.39. The van der Waals surface area contributed by atoms with E-state index in [1.165, 1.54) is 6.42 Å². The van der Waals surface area contributed by atoms with Crippen LogP contribution in [0.3, 0.4) is 0 Å². The standard InChI is InChI=1S/C7H7FN/c8-5-4-7-3-1-2-6-9-7/h1-4,6H,5H2. The van der Waals surface area contributed by atoms with E-state index in [0.29, 0.717) is 5.69 Å². The highest BCUT2D eigenvalue weighted by atomic mass is 19.1. The summed E-state index contributed by atoms with van der Waals surface area (Å²) in [5, 5.41) is 0. The highest BCUT2D eigenvalue weighted by molar-refractivity contribution is 5.12. The fraction of sp³-hybridized carbons (Fsp3) is 0.143. The van der Waals surface area contributed by atoms with Gasteiger partial charge in [0.1, 0.15) is 0 Å². The van der Waals surface area contributed by atoms with Gasteiger partial charge in [0.15, 0.2) is 0 Å². The molecule has 1 aromatic rings. The van der Waals surface area contributed by atoms with Crippen LogP contribution in [0, 0.1) is 6.42 Å². The van der Waals surface area contributed by atoms with Crippen molar-refractivity contribution in [1.29, 1.82) is 0 Å². The fourth-order valence-corrected chi connectivity index (χ4v) is 0.576. The quantitative estimate of drug-likeness (QED) is 0.583. The van der Waals surface area contributed by atoms with Crippen molar-refractivity contribution in [2.75, 3.05) is 6.67 Å². The maximum atomic E-state index is 11.6. The van der Waals surface area contributed by atoms with Gasteiger partial charge in [-0.25, -0.2) is 0 Å². The Hall–Kier alpha value is -0.920. The largest absolute Gasteiger partial charge is 0.261 e. The maximum Gasteiger partial charge on any atom is 0.0985 e. The molecule has 0 aliphatic heterocycles. The first-order chi connectivity index (χ1) is 4.43. The van der Waals surface area contributed by atoms with Gasteiger partial charge in [-0.3, -0.25) is 9.37 Å². The van der Waals surface area contributed by atoms with Gasteiger partial charge in [0.2, 0.25) is 0 Å². The van der Waals surface area contributed by atoms with Crippen LogP contribution in [0.25, 0.3) is 0 Å². The second kappa shape index (κ2) is 3.17. The lowest BCUT2D eigenvalue weighted by Crippen LogP contribution is -1.85. The molecule has 0 aliphatic rings. The zero-order valence-electron chi connectivity index (χ0n) is 4.92. The molecule has 9 heavy (non-hydrogen) atoms. The Bertz CT molecular complexity index is 162. The lowest BCUT2D eigenvalue weighted by atomic mass is 10.3. The van der Waals surface area contributed by atoms with E-state index >= 15 is 0 Å². The minimum Gasteiger partial charge on any atom is -0.261 e. The molecule has 0 saturated carbocycles. The second-order valence-electron chi connectivity index (χ2n) is 1.61. The molecule has 0 amide bonds. The molecule has 1 heterocycles. The monoisotopic (exact) mass is 124 g/mol. The van der Waals surface area contributed by atoms with Crippen molar-refractivity contribution in [2.24, 2.45) is 0 Å². The molecule has 47 valence electrons. The van der Waals surface area contributed by atoms with Gasteiger partial charge >= 0.3 is 0 Å². The summed E-state index contributed by atoms with van der Waals surface area (Å²) in [4.78, 5) is 3.87. The van der Waals surface area contributed by atoms with Crippen molar-refractivity contribution in [2.45, 2.75) is 0 Å². The van der Waals surface area contributed by atoms with Crippen molar-refractivity contribution in [1.82, 2.24) is 4.98 Å². The van der Waals surface area contributed by atoms with Crippen LogP contribution in [0.5, 0.6) is 0 Å². The zero-order chi connectivity index (χ0) is 6.53. The molecule has 0 unspecified atom stereocenters. The maximum absolute atomic E-state index is 11.6. The number of hydrogen-bond acceptors (Lipinski definition) is 1. The average Bonchev–Trinajstić information content (AvgIpc) is 1.91. The van der Waals surface area contributed by atoms with Gasteiger partial charge in [0, 0.05) is 18.3 Å². The highest BCUT2D eigenvalue weighted by Gasteiger charge is 1.89. The van der Waals surface area contributed by atoms with Gasteiger partial charge in [0.05, 0.1) is 6.67 Å². The third-order valence-corrected chi connectivity index (χ3v) is 0.974. The zero-order valence-corrected chi connectivity index (χ0v) is 4.92. The number of rotatable bonds is 2. The number of hydrogen-bond donors (Lipinski definition) is 0. The number of pyridine rings is 1. The molecule has 1 aromatic heterocycles. The number of nitrogens with zero attached hydrogens (tertiary/aromatic N) is 1. The Morgan fingerprint density at radius 2 is 2.44 bits per heavy atom. The Kier molecular flexibility index (Phi) is 2.19. The SMILES string of the molecule is FC[CH]c1ccccn1. The van der Waals surface area contributed by atoms with Crippen molar-refractivity contribution < 1.29 is 4.39 Å². The van der Waals surface area contributed by atoms with E-state index in [1.54, 1.807) is 18.3 Å². The average molecular weight is 124 g/mol. The molecule has 0 aromatic carbocycles. The number of halogens is 1. The summed E-state index contributed by atoms with van der Waals surface area (Å²) in [6.45, 7) is -0.447. The van der Waals surface area contributed by atoms with Gasteiger partial charge in [-0.2, -0.15) is 0 Å². The lowest BCUT2D eigenvalue weighted by Gasteiger charge is -1.90. The van der Waals surface area contributed by atoms with Gasteiger partial charge in [-0.15, -0.1) is 0 Å². The van der Waals surface area contributed by atoms with Gasteiger partial charge in [-0.05, 0) is 12.1 Å². The molecule has 0 atom stereocenters. The Balaban J connectivity index is 2.61. The van der Waals surface area contributed by atoms with E-state index in [2.05, 4.69) is 4.98 Å². The molecular weight excluding hydrogens is 117 g/mol. The Morgan fingerprint density at radius 3 is 3.00 bits per heavy atom. The summed E-state index contributed by atoms with van der Waals surface area (Å²) in [5.41, 5.74) is 0.694. The second-order valence-corrected chi connectivity index (χ2v) is 1.61. The molecule has 0 aliphatic carbocycles. The summed E-state index contributed by atoms with van der Waals surface area (Å²) in [5.74, 6) is 0. The summed E-state index contributed by atoms with van der Waals surface area (Å²) in [7, 11) is 0. The molecule has 0 spiro atoms. The molecule has 1 radical (unpaired) electrons. The van der Waals surface area contributed by atoms with Gasteiger partial charge < -0.3 is 0 Å². The predicted molar refractivity (Wildman–Crippen MR) is 33.6 cm³/mol. The van der Waals surface area contributed by atoms with Crippen LogP contribution < -0.4 is 0 Å². The van der Waals surface area contributed by atoms with Crippen LogP contribution in [-0.4, -0.2) is 11.7 Å². The number of aromatic nitrogens is 1. The van der Waals surface area contributed by atoms with E-state index in [9.17, 15) is 4.39 Å². The van der Waals surface area contributed by atoms with Crippen molar-refractivity contribution >= 4 is 0 Å². The minimum atomic E-state index is -0.447. The summed E-state index contributed by atoms with van der Waals surface area (Å²) in [6.07, 6.45) is 3.07. The predicted octanol–water partition coefficient (Wildman–Crippen LogP) is 1.60. The Labute approximate surface area is 53.5 Å². The first-order valence-electron chi connectivity index (χ1n) is 2.73. The molecule has 2 heteroatoms. The van der Waals surface area contributed by atoms with E-state index < -0.39 is 6.67 Å². The topological polar surface area (TPSA) is 12.9 Å². The van der Waals surface area contributed by atoms with Crippen LogP contribution in [0.2, 0.25) is 0 Å². The van der Waals surface area contributed by atoms with Crippen LogP contribution in [0.4, 0.5) is 4.39 Å². The van der Waals surface area contributed by atoms with Crippen LogP contribution in [0.1, 0.15) is 5.69 Å². The molecular formula is C7H7FN. The molecule has 1 nitrogen and oxygen atoms in total. The first kappa shape index (κ1) is 6.20. The van der Waals surface area contributed by atoms with E-state index in [0.717, 1.165) is 0 Å². The highest BCUT2D eigenvalue weighted by Crippen LogP contribution is 1.95. The minimum absolute atomic E-state index is 0.447. The normalized spacial score (nSPS) is 9.44. The first-order valence-corrected chi connectivity index (χ1v) is 2.73.